The number of fused-ring (bicyclic) bond motifs is 1. The predicted octanol–water partition coefficient (Wildman–Crippen LogP) is 1.45. The molecule has 1 amide bonds. The number of aromatic nitrogens is 2. The third kappa shape index (κ3) is 4.82. The van der Waals surface area contributed by atoms with E-state index in [4.69, 9.17) is 5.73 Å². The van der Waals surface area contributed by atoms with Gasteiger partial charge in [-0.15, -0.1) is 0 Å². The zero-order chi connectivity index (χ0) is 22.7. The number of carbonyl (C=O) groups excluding carboxylic acids is 1. The number of benzene rings is 1. The third-order valence-corrected chi connectivity index (χ3v) is 7.52. The molecule has 32 heavy (non-hydrogen) atoms. The average Bonchev–Trinajstić information content (AvgIpc) is 3.35. The second-order valence-corrected chi connectivity index (χ2v) is 9.95. The number of hydrogen-bond donors (Lipinski definition) is 3. The van der Waals surface area contributed by atoms with Gasteiger partial charge in [0.1, 0.15) is 11.9 Å². The Morgan fingerprint density at radius 3 is 2.78 bits per heavy atom. The molecule has 1 fully saturated rings. The van der Waals surface area contributed by atoms with E-state index in [1.807, 2.05) is 29.9 Å². The highest BCUT2D eigenvalue weighted by atomic mass is 32.2. The molecule has 0 radical (unpaired) electrons. The number of carbonyl (C=O) groups is 1. The van der Waals surface area contributed by atoms with Crippen LogP contribution in [0.1, 0.15) is 12.8 Å². The van der Waals surface area contributed by atoms with E-state index >= 15 is 0 Å². The van der Waals surface area contributed by atoms with E-state index in [1.54, 1.807) is 35.4 Å². The highest BCUT2D eigenvalue weighted by Gasteiger charge is 2.31. The van der Waals surface area contributed by atoms with E-state index in [1.165, 1.54) is 0 Å². The maximum atomic E-state index is 13.5. The number of nitrogens with two attached hydrogens (primary N) is 1. The summed E-state index contributed by atoms with van der Waals surface area (Å²) in [7, 11) is -1.90. The van der Waals surface area contributed by atoms with Crippen LogP contribution in [0.25, 0.3) is 10.9 Å². The molecule has 9 nitrogen and oxygen atoms in total. The van der Waals surface area contributed by atoms with Gasteiger partial charge in [-0.1, -0.05) is 6.07 Å². The van der Waals surface area contributed by atoms with E-state index in [-0.39, 0.29) is 10.8 Å². The van der Waals surface area contributed by atoms with Crippen molar-refractivity contribution in [3.05, 3.63) is 48.8 Å². The normalized spacial score (nSPS) is 16.8. The van der Waals surface area contributed by atoms with Gasteiger partial charge in [0, 0.05) is 49.5 Å². The maximum absolute atomic E-state index is 13.5. The molecule has 1 aliphatic rings. The predicted molar refractivity (Wildman–Crippen MR) is 125 cm³/mol. The summed E-state index contributed by atoms with van der Waals surface area (Å²) in [4.78, 5) is 20.6. The number of amides is 1. The quantitative estimate of drug-likeness (QED) is 0.496. The first-order chi connectivity index (χ1) is 15.3. The van der Waals surface area contributed by atoms with Gasteiger partial charge >= 0.3 is 0 Å². The lowest BCUT2D eigenvalue weighted by Crippen LogP contribution is -2.49. The SMILES string of the molecule is CN1CCCN(C(=O)C(CCn2cccc2N)NS(=O)(=O)c2cccc3[nH]ccc23)CC1. The Bertz CT molecular complexity index is 1190. The van der Waals surface area contributed by atoms with Gasteiger partial charge in [0.15, 0.2) is 0 Å². The first kappa shape index (κ1) is 22.4. The van der Waals surface area contributed by atoms with E-state index in [2.05, 4.69) is 14.6 Å². The van der Waals surface area contributed by atoms with Crippen molar-refractivity contribution in [2.45, 2.75) is 30.3 Å². The van der Waals surface area contributed by atoms with E-state index < -0.39 is 16.1 Å². The molecule has 3 heterocycles. The van der Waals surface area contributed by atoms with E-state index in [0.717, 1.165) is 25.0 Å². The number of likely N-dealkylation sites (N-methyl/N-ethyl adjacent to an activating group) is 1. The molecule has 1 atom stereocenters. The summed E-state index contributed by atoms with van der Waals surface area (Å²) >= 11 is 0. The van der Waals surface area contributed by atoms with Crippen LogP contribution in [-0.2, 0) is 21.4 Å². The summed E-state index contributed by atoms with van der Waals surface area (Å²) in [5.41, 5.74) is 6.70. The number of nitrogens with one attached hydrogen (secondary N) is 2. The fourth-order valence-electron chi connectivity index (χ4n) is 4.16. The van der Waals surface area contributed by atoms with Gasteiger partial charge in [0.05, 0.1) is 4.90 Å². The van der Waals surface area contributed by atoms with Gasteiger partial charge in [0.2, 0.25) is 15.9 Å². The molecule has 0 spiro atoms. The number of anilines is 1. The lowest BCUT2D eigenvalue weighted by Gasteiger charge is -2.27. The monoisotopic (exact) mass is 458 g/mol. The van der Waals surface area contributed by atoms with Crippen LogP contribution in [0.4, 0.5) is 5.82 Å². The van der Waals surface area contributed by atoms with Crippen LogP contribution in [0.2, 0.25) is 0 Å². The molecule has 4 rings (SSSR count). The van der Waals surface area contributed by atoms with Crippen molar-refractivity contribution < 1.29 is 13.2 Å². The van der Waals surface area contributed by atoms with E-state index in [0.29, 0.717) is 37.3 Å². The maximum Gasteiger partial charge on any atom is 0.241 e. The van der Waals surface area contributed by atoms with Crippen molar-refractivity contribution in [2.75, 3.05) is 39.0 Å². The van der Waals surface area contributed by atoms with Gasteiger partial charge in [0.25, 0.3) is 0 Å². The average molecular weight is 459 g/mol. The summed E-state index contributed by atoms with van der Waals surface area (Å²) in [6.07, 6.45) is 4.68. The first-order valence-electron chi connectivity index (χ1n) is 10.8. The molecule has 1 aromatic carbocycles. The zero-order valence-corrected chi connectivity index (χ0v) is 19.0. The smallest absolute Gasteiger partial charge is 0.241 e. The second-order valence-electron chi connectivity index (χ2n) is 8.27. The van der Waals surface area contributed by atoms with Gasteiger partial charge in [-0.2, -0.15) is 4.72 Å². The van der Waals surface area contributed by atoms with Crippen molar-refractivity contribution in [3.8, 4) is 0 Å². The fraction of sp³-hybridized carbons (Fsp3) is 0.409. The number of aromatic amines is 1. The van der Waals surface area contributed by atoms with Gasteiger partial charge < -0.3 is 25.1 Å². The van der Waals surface area contributed by atoms with Crippen molar-refractivity contribution in [1.29, 1.82) is 0 Å². The van der Waals surface area contributed by atoms with Crippen molar-refractivity contribution >= 4 is 32.7 Å². The standard InChI is InChI=1S/C22H30N6O3S/c1-26-11-4-13-28(16-15-26)22(29)19(9-14-27-12-3-7-21(27)23)25-32(30,31)20-6-2-5-18-17(20)8-10-24-18/h2-3,5-8,10,12,19,24-25H,4,9,11,13-16,23H2,1H3. The van der Waals surface area contributed by atoms with E-state index in [9.17, 15) is 13.2 Å². The summed E-state index contributed by atoms with van der Waals surface area (Å²) in [6, 6.07) is 9.51. The van der Waals surface area contributed by atoms with Crippen LogP contribution in [0.5, 0.6) is 0 Å². The van der Waals surface area contributed by atoms with Crippen LogP contribution in [0.3, 0.4) is 0 Å². The lowest BCUT2D eigenvalue weighted by molar-refractivity contribution is -0.133. The minimum Gasteiger partial charge on any atom is -0.385 e. The van der Waals surface area contributed by atoms with Gasteiger partial charge in [-0.3, -0.25) is 4.79 Å². The topological polar surface area (TPSA) is 116 Å². The Hall–Kier alpha value is -2.82. The molecular weight excluding hydrogens is 428 g/mol. The second kappa shape index (κ2) is 9.35. The number of H-pyrrole nitrogens is 1. The Kier molecular flexibility index (Phi) is 6.54. The molecule has 0 bridgehead atoms. The van der Waals surface area contributed by atoms with Crippen molar-refractivity contribution in [1.82, 2.24) is 24.1 Å². The van der Waals surface area contributed by atoms with Crippen LogP contribution in [0, 0.1) is 0 Å². The number of rotatable bonds is 7. The van der Waals surface area contributed by atoms with Gasteiger partial charge in [-0.05, 0) is 56.8 Å². The molecule has 10 heteroatoms. The zero-order valence-electron chi connectivity index (χ0n) is 18.2. The fourth-order valence-corrected chi connectivity index (χ4v) is 5.61. The number of hydrogen-bond acceptors (Lipinski definition) is 5. The highest BCUT2D eigenvalue weighted by molar-refractivity contribution is 7.89. The first-order valence-corrected chi connectivity index (χ1v) is 12.3. The molecule has 3 aromatic rings. The van der Waals surface area contributed by atoms with Crippen LogP contribution in [0.15, 0.2) is 53.7 Å². The Morgan fingerprint density at radius 1 is 1.16 bits per heavy atom. The summed E-state index contributed by atoms with van der Waals surface area (Å²) in [6.45, 7) is 3.29. The molecule has 172 valence electrons. The highest BCUT2D eigenvalue weighted by Crippen LogP contribution is 2.23. The Labute approximate surface area is 188 Å². The molecule has 4 N–H and O–H groups in total. The molecule has 1 aliphatic heterocycles. The minimum absolute atomic E-state index is 0.158. The summed E-state index contributed by atoms with van der Waals surface area (Å²) in [5, 5.41) is 0.595. The largest absolute Gasteiger partial charge is 0.385 e. The number of nitrogens with zero attached hydrogens (tertiary/aromatic N) is 3. The van der Waals surface area contributed by atoms with Crippen molar-refractivity contribution in [2.24, 2.45) is 0 Å². The van der Waals surface area contributed by atoms with Crippen LogP contribution >= 0.6 is 0 Å². The lowest BCUT2D eigenvalue weighted by atomic mass is 10.2. The molecule has 0 saturated carbocycles. The third-order valence-electron chi connectivity index (χ3n) is 5.99. The molecule has 2 aromatic heterocycles. The Morgan fingerprint density at radius 2 is 2.00 bits per heavy atom. The van der Waals surface area contributed by atoms with Crippen molar-refractivity contribution in [3.63, 3.8) is 0 Å². The minimum atomic E-state index is -3.93. The summed E-state index contributed by atoms with van der Waals surface area (Å²) < 4.78 is 31.2. The number of aryl methyl sites for hydroxylation is 1. The molecule has 0 aliphatic carbocycles. The molecule has 1 saturated heterocycles. The number of nitrogen functional groups attached to an aromatic ring is 1. The van der Waals surface area contributed by atoms with Crippen LogP contribution < -0.4 is 10.5 Å². The Balaban J connectivity index is 1.59. The number of sulfonamides is 1. The van der Waals surface area contributed by atoms with Crippen LogP contribution in [-0.4, -0.2) is 72.9 Å². The molecular formula is C22H30N6O3S. The summed E-state index contributed by atoms with van der Waals surface area (Å²) in [5.74, 6) is 0.378. The molecule has 1 unspecified atom stereocenters. The van der Waals surface area contributed by atoms with Gasteiger partial charge in [-0.25, -0.2) is 8.42 Å².